The number of rotatable bonds is 9. The minimum absolute atomic E-state index is 0.0628. The van der Waals surface area contributed by atoms with Crippen molar-refractivity contribution in [1.82, 2.24) is 0 Å². The van der Waals surface area contributed by atoms with E-state index in [0.717, 1.165) is 24.3 Å². The van der Waals surface area contributed by atoms with Crippen LogP contribution in [0, 0.1) is 17.8 Å². The van der Waals surface area contributed by atoms with Gasteiger partial charge < -0.3 is 9.84 Å². The smallest absolute Gasteiger partial charge is 0.325 e. The molecule has 4 heteroatoms. The number of ether oxygens (including phenoxy) is 1. The first-order chi connectivity index (χ1) is 12.5. The van der Waals surface area contributed by atoms with Gasteiger partial charge in [-0.2, -0.15) is 0 Å². The van der Waals surface area contributed by atoms with Crippen LogP contribution >= 0.6 is 9.24 Å². The van der Waals surface area contributed by atoms with Crippen LogP contribution in [-0.4, -0.2) is 10.8 Å². The van der Waals surface area contributed by atoms with E-state index in [9.17, 15) is 9.90 Å². The van der Waals surface area contributed by atoms with Crippen LogP contribution in [0.15, 0.2) is 12.1 Å². The summed E-state index contributed by atoms with van der Waals surface area (Å²) in [6.45, 7) is 6.86. The van der Waals surface area contributed by atoms with Crippen molar-refractivity contribution in [3.8, 4) is 11.5 Å². The molecule has 0 spiro atoms. The molecule has 0 saturated carbocycles. The summed E-state index contributed by atoms with van der Waals surface area (Å²) < 4.78 is 5.28. The Kier molecular flexibility index (Phi) is 8.41. The minimum Gasteiger partial charge on any atom is -0.504 e. The third-order valence-corrected chi connectivity index (χ3v) is 6.08. The first kappa shape index (κ1) is 21.2. The Morgan fingerprint density at radius 2 is 2.00 bits per heavy atom. The number of unbranched alkanes of at least 4 members (excludes halogenated alkanes) is 1. The molecule has 0 fully saturated rings. The minimum atomic E-state index is -0.457. The molecule has 1 aromatic rings. The maximum absolute atomic E-state index is 11.4. The maximum atomic E-state index is 11.4. The summed E-state index contributed by atoms with van der Waals surface area (Å²) in [5.74, 6) is 2.50. The van der Waals surface area contributed by atoms with Gasteiger partial charge >= 0.3 is 5.71 Å². The topological polar surface area (TPSA) is 46.5 Å². The zero-order chi connectivity index (χ0) is 19.1. The van der Waals surface area contributed by atoms with Gasteiger partial charge in [-0.1, -0.05) is 65.4 Å². The molecular weight excluding hydrogens is 343 g/mol. The van der Waals surface area contributed by atoms with E-state index in [1.54, 1.807) is 6.07 Å². The Morgan fingerprint density at radius 1 is 1.23 bits per heavy atom. The molecule has 3 nitrogen and oxygen atoms in total. The molecule has 0 amide bonds. The van der Waals surface area contributed by atoms with Gasteiger partial charge in [0.05, 0.1) is 0 Å². The summed E-state index contributed by atoms with van der Waals surface area (Å²) in [4.78, 5) is 11.4. The Balaban J connectivity index is 2.06. The van der Waals surface area contributed by atoms with Crippen molar-refractivity contribution in [2.24, 2.45) is 17.8 Å². The van der Waals surface area contributed by atoms with Crippen molar-refractivity contribution in [2.45, 2.75) is 78.6 Å². The predicted molar refractivity (Wildman–Crippen MR) is 111 cm³/mol. The highest BCUT2D eigenvalue weighted by molar-refractivity contribution is 7.39. The molecule has 0 aliphatic heterocycles. The number of phenols is 1. The van der Waals surface area contributed by atoms with E-state index < -0.39 is 5.71 Å². The third kappa shape index (κ3) is 5.71. The van der Waals surface area contributed by atoms with Crippen molar-refractivity contribution < 1.29 is 14.6 Å². The van der Waals surface area contributed by atoms with Gasteiger partial charge in [-0.25, -0.2) is 4.79 Å². The second-order valence-electron chi connectivity index (χ2n) is 7.99. The molecule has 0 heterocycles. The molecule has 1 aliphatic carbocycles. The van der Waals surface area contributed by atoms with E-state index >= 15 is 0 Å². The van der Waals surface area contributed by atoms with Crippen molar-refractivity contribution in [2.75, 3.05) is 0 Å². The molecule has 0 bridgehead atoms. The number of benzene rings is 1. The Hall–Kier alpha value is -1.08. The molecule has 0 saturated heterocycles. The zero-order valence-corrected chi connectivity index (χ0v) is 17.7. The number of aromatic hydroxyl groups is 1. The Morgan fingerprint density at radius 3 is 2.65 bits per heavy atom. The van der Waals surface area contributed by atoms with Gasteiger partial charge in [0.2, 0.25) is 0 Å². The van der Waals surface area contributed by atoms with Crippen molar-refractivity contribution >= 4 is 15.0 Å². The molecule has 1 N–H and O–H groups in total. The van der Waals surface area contributed by atoms with Gasteiger partial charge in [0.15, 0.2) is 11.5 Å². The van der Waals surface area contributed by atoms with E-state index in [4.69, 9.17) is 4.74 Å². The number of hydrogen-bond donors (Lipinski definition) is 1. The molecule has 1 aliphatic rings. The van der Waals surface area contributed by atoms with Gasteiger partial charge in [0, 0.05) is 5.56 Å². The highest BCUT2D eigenvalue weighted by Crippen LogP contribution is 2.42. The van der Waals surface area contributed by atoms with Crippen LogP contribution in [0.4, 0.5) is 4.79 Å². The number of carbonyl (C=O) groups is 1. The van der Waals surface area contributed by atoms with Crippen LogP contribution in [0.25, 0.3) is 0 Å². The SMILES string of the molecule is CCCCC(CCC)CCC1Cc2ccc(O)c(OC(=O)P)c2CC1C. The van der Waals surface area contributed by atoms with Gasteiger partial charge in [-0.15, -0.1) is 0 Å². The summed E-state index contributed by atoms with van der Waals surface area (Å²) in [6.07, 6.45) is 11.1. The average Bonchev–Trinajstić information content (AvgIpc) is 2.60. The number of fused-ring (bicyclic) bond motifs is 1. The van der Waals surface area contributed by atoms with Gasteiger partial charge in [0.1, 0.15) is 0 Å². The van der Waals surface area contributed by atoms with E-state index in [-0.39, 0.29) is 5.75 Å². The van der Waals surface area contributed by atoms with E-state index in [1.807, 2.05) is 15.3 Å². The van der Waals surface area contributed by atoms with Crippen LogP contribution in [0.1, 0.15) is 76.8 Å². The molecule has 0 radical (unpaired) electrons. The molecule has 2 rings (SSSR count). The lowest BCUT2D eigenvalue weighted by Crippen LogP contribution is -2.24. The fourth-order valence-electron chi connectivity index (χ4n) is 4.43. The molecule has 146 valence electrons. The number of phenolic OH excluding ortho intramolecular Hbond substituents is 1. The summed E-state index contributed by atoms with van der Waals surface area (Å²) in [7, 11) is 2.02. The molecule has 0 aromatic heterocycles. The lowest BCUT2D eigenvalue weighted by atomic mass is 9.73. The standard InChI is InChI=1S/C22H35O3P/c1-4-6-8-16(7-5-2)9-10-17-14-18-11-12-20(23)21(25-22(24)26)19(18)13-15(17)3/h11-12,15-17,23H,4-10,13-14,26H2,1-3H3. The Labute approximate surface area is 161 Å². The summed E-state index contributed by atoms with van der Waals surface area (Å²) in [5, 5.41) is 10.1. The van der Waals surface area contributed by atoms with Crippen LogP contribution < -0.4 is 4.74 Å². The second-order valence-corrected chi connectivity index (χ2v) is 8.46. The van der Waals surface area contributed by atoms with E-state index in [1.165, 1.54) is 50.5 Å². The quantitative estimate of drug-likeness (QED) is 0.499. The first-order valence-corrected chi connectivity index (χ1v) is 10.8. The van der Waals surface area contributed by atoms with E-state index in [0.29, 0.717) is 17.6 Å². The molecular formula is C22H35O3P. The van der Waals surface area contributed by atoms with Crippen molar-refractivity contribution in [1.29, 1.82) is 0 Å². The zero-order valence-electron chi connectivity index (χ0n) is 16.6. The molecule has 26 heavy (non-hydrogen) atoms. The maximum Gasteiger partial charge on any atom is 0.325 e. The summed E-state index contributed by atoms with van der Waals surface area (Å²) >= 11 is 0. The van der Waals surface area contributed by atoms with Gasteiger partial charge in [0.25, 0.3) is 0 Å². The van der Waals surface area contributed by atoms with Crippen LogP contribution in [-0.2, 0) is 12.8 Å². The van der Waals surface area contributed by atoms with Crippen LogP contribution in [0.3, 0.4) is 0 Å². The molecule has 4 atom stereocenters. The fourth-order valence-corrected chi connectivity index (χ4v) is 4.55. The Bertz CT molecular complexity index is 599. The normalized spacial score (nSPS) is 20.5. The van der Waals surface area contributed by atoms with Gasteiger partial charge in [-0.3, -0.25) is 0 Å². The predicted octanol–water partition coefficient (Wildman–Crippen LogP) is 6.50. The highest BCUT2D eigenvalue weighted by Gasteiger charge is 2.29. The van der Waals surface area contributed by atoms with Crippen molar-refractivity contribution in [3.05, 3.63) is 23.3 Å². The summed E-state index contributed by atoms with van der Waals surface area (Å²) in [6, 6.07) is 3.67. The first-order valence-electron chi connectivity index (χ1n) is 10.3. The van der Waals surface area contributed by atoms with Crippen LogP contribution in [0.5, 0.6) is 11.5 Å². The highest BCUT2D eigenvalue weighted by atomic mass is 31.0. The summed E-state index contributed by atoms with van der Waals surface area (Å²) in [5.41, 5.74) is 1.79. The average molecular weight is 378 g/mol. The lowest BCUT2D eigenvalue weighted by molar-refractivity contribution is 0.222. The monoisotopic (exact) mass is 378 g/mol. The number of hydrogen-bond acceptors (Lipinski definition) is 3. The van der Waals surface area contributed by atoms with Crippen LogP contribution in [0.2, 0.25) is 0 Å². The largest absolute Gasteiger partial charge is 0.504 e. The molecule has 4 unspecified atom stereocenters. The van der Waals surface area contributed by atoms with Crippen molar-refractivity contribution in [3.63, 3.8) is 0 Å². The molecule has 1 aromatic carbocycles. The fraction of sp³-hybridized carbons (Fsp3) is 0.682. The van der Waals surface area contributed by atoms with Gasteiger partial charge in [-0.05, 0) is 57.9 Å². The number of carbonyl (C=O) groups excluding carboxylic acids is 1. The third-order valence-electron chi connectivity index (χ3n) is 5.96. The second kappa shape index (κ2) is 10.3. The lowest BCUT2D eigenvalue weighted by Gasteiger charge is -2.33. The van der Waals surface area contributed by atoms with E-state index in [2.05, 4.69) is 20.8 Å².